The number of halogens is 9. The fraction of sp³-hybridized carbons (Fsp3) is 0.727. The molecule has 0 aliphatic heterocycles. The van der Waals surface area contributed by atoms with Gasteiger partial charge < -0.3 is 9.84 Å². The molecule has 136 valence electrons. The van der Waals surface area contributed by atoms with Crippen LogP contribution >= 0.6 is 0 Å². The Labute approximate surface area is 123 Å². The summed E-state index contributed by atoms with van der Waals surface area (Å²) in [5, 5.41) is 8.70. The van der Waals surface area contributed by atoms with Crippen LogP contribution in [0.2, 0.25) is 0 Å². The fourth-order valence-electron chi connectivity index (χ4n) is 1.33. The molecule has 0 bridgehead atoms. The zero-order valence-electron chi connectivity index (χ0n) is 11.1. The molecule has 0 radical (unpaired) electrons. The topological polar surface area (TPSA) is 46.5 Å². The summed E-state index contributed by atoms with van der Waals surface area (Å²) in [6.45, 7) is 0.476. The smallest absolute Gasteiger partial charge is 0.460 e. The minimum atomic E-state index is -7.00. The van der Waals surface area contributed by atoms with E-state index < -0.39 is 55.5 Å². The van der Waals surface area contributed by atoms with E-state index in [1.54, 1.807) is 0 Å². The van der Waals surface area contributed by atoms with Crippen LogP contribution in [0.3, 0.4) is 0 Å². The summed E-state index contributed by atoms with van der Waals surface area (Å²) in [5.74, 6) is -22.8. The van der Waals surface area contributed by atoms with E-state index in [1.165, 1.54) is 0 Å². The van der Waals surface area contributed by atoms with Gasteiger partial charge in [0.05, 0.1) is 6.61 Å². The normalized spacial score (nSPS) is 15.2. The fourth-order valence-corrected chi connectivity index (χ4v) is 1.33. The van der Waals surface area contributed by atoms with Crippen LogP contribution in [0.5, 0.6) is 0 Å². The first-order valence-electron chi connectivity index (χ1n) is 5.74. The molecule has 1 atom stereocenters. The van der Waals surface area contributed by atoms with Crippen molar-refractivity contribution in [3.8, 4) is 0 Å². The number of aliphatic hydroxyl groups excluding tert-OH is 1. The largest absolute Gasteiger partial charge is 0.462 e. The zero-order valence-corrected chi connectivity index (χ0v) is 11.1. The summed E-state index contributed by atoms with van der Waals surface area (Å²) in [6.07, 6.45) is -8.63. The molecular weight excluding hydrogens is 351 g/mol. The van der Waals surface area contributed by atoms with Crippen molar-refractivity contribution >= 4 is 5.97 Å². The highest BCUT2D eigenvalue weighted by molar-refractivity contribution is 5.81. The number of esters is 1. The molecule has 3 nitrogen and oxygen atoms in total. The average molecular weight is 362 g/mol. The monoisotopic (exact) mass is 362 g/mol. The lowest BCUT2D eigenvalue weighted by Crippen LogP contribution is -2.61. The van der Waals surface area contributed by atoms with Gasteiger partial charge in [-0.1, -0.05) is 6.58 Å². The predicted octanol–water partition coefficient (Wildman–Crippen LogP) is 3.18. The second kappa shape index (κ2) is 6.97. The molecule has 0 aromatic heterocycles. The number of rotatable bonds is 8. The van der Waals surface area contributed by atoms with E-state index in [1.807, 2.05) is 0 Å². The Morgan fingerprint density at radius 1 is 1.04 bits per heavy atom. The molecule has 1 unspecified atom stereocenters. The number of alkyl halides is 9. The highest BCUT2D eigenvalue weighted by Crippen LogP contribution is 2.54. The van der Waals surface area contributed by atoms with E-state index in [0.29, 0.717) is 6.08 Å². The third kappa shape index (κ3) is 4.52. The summed E-state index contributed by atoms with van der Waals surface area (Å²) in [7, 11) is 0. The van der Waals surface area contributed by atoms with Crippen LogP contribution in [-0.4, -0.2) is 48.2 Å². The first-order valence-corrected chi connectivity index (χ1v) is 5.74. The average Bonchev–Trinajstić information content (AvgIpc) is 2.41. The third-order valence-electron chi connectivity index (χ3n) is 2.64. The Hall–Kier alpha value is -1.46. The van der Waals surface area contributed by atoms with Crippen LogP contribution in [0, 0.1) is 5.92 Å². The lowest BCUT2D eigenvalue weighted by molar-refractivity contribution is -0.398. The Morgan fingerprint density at radius 3 is 1.87 bits per heavy atom. The van der Waals surface area contributed by atoms with E-state index in [9.17, 15) is 44.3 Å². The van der Waals surface area contributed by atoms with Crippen LogP contribution in [-0.2, 0) is 9.53 Å². The highest BCUT2D eigenvalue weighted by Gasteiger charge is 2.81. The summed E-state index contributed by atoms with van der Waals surface area (Å²) < 4.78 is 118. The Kier molecular flexibility index (Phi) is 6.53. The lowest BCUT2D eigenvalue weighted by atomic mass is 9.94. The van der Waals surface area contributed by atoms with Gasteiger partial charge in [0.1, 0.15) is 0 Å². The number of ether oxygens (including phenoxy) is 1. The van der Waals surface area contributed by atoms with Crippen molar-refractivity contribution in [3.05, 3.63) is 12.7 Å². The van der Waals surface area contributed by atoms with E-state index in [-0.39, 0.29) is 0 Å². The summed E-state index contributed by atoms with van der Waals surface area (Å²) >= 11 is 0. The molecule has 0 saturated carbocycles. The van der Waals surface area contributed by atoms with Crippen LogP contribution in [0.4, 0.5) is 39.5 Å². The van der Waals surface area contributed by atoms with Crippen molar-refractivity contribution in [2.24, 2.45) is 5.92 Å². The Morgan fingerprint density at radius 2 is 1.52 bits per heavy atom. The van der Waals surface area contributed by atoms with Gasteiger partial charge in [0.2, 0.25) is 0 Å². The van der Waals surface area contributed by atoms with Crippen LogP contribution in [0.1, 0.15) is 6.42 Å². The van der Waals surface area contributed by atoms with Crippen molar-refractivity contribution in [2.45, 2.75) is 30.4 Å². The number of carbonyl (C=O) groups excluding carboxylic acids is 1. The maximum atomic E-state index is 13.3. The predicted molar refractivity (Wildman–Crippen MR) is 57.2 cm³/mol. The summed E-state index contributed by atoms with van der Waals surface area (Å²) in [5.41, 5.74) is 0. The Bertz CT molecular complexity index is 431. The molecule has 0 heterocycles. The molecule has 0 aliphatic rings. The van der Waals surface area contributed by atoms with Crippen molar-refractivity contribution in [1.82, 2.24) is 0 Å². The molecule has 0 saturated heterocycles. The van der Waals surface area contributed by atoms with Crippen molar-refractivity contribution in [3.63, 3.8) is 0 Å². The number of carbonyl (C=O) groups is 1. The quantitative estimate of drug-likeness (QED) is 0.410. The molecule has 0 aromatic rings. The zero-order chi connectivity index (χ0) is 18.7. The van der Waals surface area contributed by atoms with Gasteiger partial charge in [-0.05, 0) is 0 Å². The third-order valence-corrected chi connectivity index (χ3v) is 2.64. The van der Waals surface area contributed by atoms with E-state index >= 15 is 0 Å². The van der Waals surface area contributed by atoms with E-state index in [2.05, 4.69) is 11.3 Å². The SMILES string of the molecule is C=CC(=O)OCC(CO)CC(F)(F)C(F)(F)C(F)(F)C(F)(F)F. The maximum absolute atomic E-state index is 13.3. The minimum Gasteiger partial charge on any atom is -0.462 e. The van der Waals surface area contributed by atoms with E-state index in [4.69, 9.17) is 5.11 Å². The van der Waals surface area contributed by atoms with Gasteiger partial charge >= 0.3 is 29.9 Å². The summed E-state index contributed by atoms with van der Waals surface area (Å²) in [6, 6.07) is 0. The molecule has 12 heteroatoms. The minimum absolute atomic E-state index is 0.555. The van der Waals surface area contributed by atoms with Crippen molar-refractivity contribution in [2.75, 3.05) is 13.2 Å². The van der Waals surface area contributed by atoms with Crippen molar-refractivity contribution < 1.29 is 54.2 Å². The van der Waals surface area contributed by atoms with Crippen molar-refractivity contribution in [1.29, 1.82) is 0 Å². The Balaban J connectivity index is 5.28. The number of aliphatic hydroxyl groups is 1. The molecule has 0 spiro atoms. The second-order valence-electron chi connectivity index (χ2n) is 4.44. The van der Waals surface area contributed by atoms with Gasteiger partial charge in [0.25, 0.3) is 0 Å². The molecule has 0 rings (SSSR count). The van der Waals surface area contributed by atoms with Gasteiger partial charge in [0, 0.05) is 25.0 Å². The molecule has 0 amide bonds. The molecule has 0 fully saturated rings. The van der Waals surface area contributed by atoms with Crippen LogP contribution in [0.25, 0.3) is 0 Å². The van der Waals surface area contributed by atoms with Gasteiger partial charge in [-0.2, -0.15) is 39.5 Å². The molecule has 1 N–H and O–H groups in total. The van der Waals surface area contributed by atoms with Gasteiger partial charge in [-0.15, -0.1) is 0 Å². The van der Waals surface area contributed by atoms with E-state index in [0.717, 1.165) is 0 Å². The molecular formula is C11H11F9O3. The summed E-state index contributed by atoms with van der Waals surface area (Å²) in [4.78, 5) is 10.7. The standard InChI is InChI=1S/C11H11F9O3/c1-2-7(22)23-5-6(4-21)3-8(12,13)9(14,15)10(16,17)11(18,19)20/h2,6,21H,1,3-5H2. The number of hydrogen-bond acceptors (Lipinski definition) is 3. The van der Waals surface area contributed by atoms with Gasteiger partial charge in [-0.25, -0.2) is 4.79 Å². The maximum Gasteiger partial charge on any atom is 0.460 e. The van der Waals surface area contributed by atoms with Gasteiger partial charge in [0.15, 0.2) is 0 Å². The molecule has 0 aliphatic carbocycles. The highest BCUT2D eigenvalue weighted by atomic mass is 19.4. The first kappa shape index (κ1) is 21.5. The lowest BCUT2D eigenvalue weighted by Gasteiger charge is -2.34. The van der Waals surface area contributed by atoms with Crippen LogP contribution in [0.15, 0.2) is 12.7 Å². The van der Waals surface area contributed by atoms with Gasteiger partial charge in [-0.3, -0.25) is 0 Å². The van der Waals surface area contributed by atoms with Crippen LogP contribution < -0.4 is 0 Å². The second-order valence-corrected chi connectivity index (χ2v) is 4.44. The first-order chi connectivity index (χ1) is 10.1. The molecule has 0 aromatic carbocycles. The number of hydrogen-bond donors (Lipinski definition) is 1. The molecule has 23 heavy (non-hydrogen) atoms.